The van der Waals surface area contributed by atoms with E-state index in [4.69, 9.17) is 0 Å². The molecule has 0 bridgehead atoms. The molecule has 119 valence electrons. The minimum absolute atomic E-state index is 0. The summed E-state index contributed by atoms with van der Waals surface area (Å²) in [5, 5.41) is 0. The molecule has 0 aliphatic carbocycles. The fraction of sp³-hybridized carbons (Fsp3) is 0.600. The van der Waals surface area contributed by atoms with E-state index in [1.165, 1.54) is 50.5 Å². The van der Waals surface area contributed by atoms with Crippen LogP contribution in [0.4, 0.5) is 0 Å². The smallest absolute Gasteiger partial charge is 0.299 e. The van der Waals surface area contributed by atoms with Crippen molar-refractivity contribution in [1.82, 2.24) is 0 Å². The van der Waals surface area contributed by atoms with E-state index in [0.717, 1.165) is 6.42 Å². The van der Waals surface area contributed by atoms with E-state index in [0.29, 0.717) is 5.75 Å². The van der Waals surface area contributed by atoms with Crippen LogP contribution in [0, 0.1) is 0 Å². The van der Waals surface area contributed by atoms with Gasteiger partial charge in [0, 0.05) is 17.1 Å². The van der Waals surface area contributed by atoms with E-state index in [2.05, 4.69) is 11.1 Å². The van der Waals surface area contributed by atoms with Crippen molar-refractivity contribution in [1.29, 1.82) is 0 Å². The van der Waals surface area contributed by atoms with Crippen molar-refractivity contribution in [2.45, 2.75) is 58.3 Å². The molecule has 20 heavy (non-hydrogen) atoms. The number of thiol groups is 1. The second-order valence-electron chi connectivity index (χ2n) is 4.83. The summed E-state index contributed by atoms with van der Waals surface area (Å²) in [4.78, 5) is 0. The molecule has 0 spiro atoms. The molecule has 0 saturated heterocycles. The summed E-state index contributed by atoms with van der Waals surface area (Å²) < 4.78 is 25.4. The first kappa shape index (κ1) is 19.5. The molecule has 0 amide bonds. The van der Waals surface area contributed by atoms with Gasteiger partial charge in [0.25, 0.3) is 11.0 Å². The fourth-order valence-electron chi connectivity index (χ4n) is 2.09. The zero-order valence-electron chi connectivity index (χ0n) is 11.9. The third-order valence-corrected chi connectivity index (χ3v) is 3.53. The Morgan fingerprint density at radius 2 is 1.45 bits per heavy atom. The molecule has 0 atom stereocenters. The first-order chi connectivity index (χ1) is 9.22. The normalized spacial score (nSPS) is 10.3. The first-order valence-electron chi connectivity index (χ1n) is 7.13. The van der Waals surface area contributed by atoms with Gasteiger partial charge in [0.15, 0.2) is 0 Å². The minimum atomic E-state index is -2.81. The van der Waals surface area contributed by atoms with Crippen LogP contribution in [0.1, 0.15) is 57.4 Å². The van der Waals surface area contributed by atoms with Crippen molar-refractivity contribution in [2.24, 2.45) is 0 Å². The van der Waals surface area contributed by atoms with Gasteiger partial charge in [0.2, 0.25) is 0 Å². The van der Waals surface area contributed by atoms with Crippen LogP contribution in [0.3, 0.4) is 0 Å². The molecule has 3 nitrogen and oxygen atoms in total. The summed E-state index contributed by atoms with van der Waals surface area (Å²) in [6, 6.07) is 7.29. The Hall–Kier alpha value is -0.511. The maximum Gasteiger partial charge on any atom is 0.299 e. The number of aryl methyl sites for hydroxylation is 1. The molecule has 1 aromatic rings. The second-order valence-corrected chi connectivity index (χ2v) is 5.46. The predicted molar refractivity (Wildman–Crippen MR) is 79.1 cm³/mol. The average molecular weight is 348 g/mol. The maximum absolute atomic E-state index is 10.4. The summed E-state index contributed by atoms with van der Waals surface area (Å²) in [6.07, 6.45) is 10.2. The molecular weight excluding hydrogens is 324 g/mol. The van der Waals surface area contributed by atoms with E-state index in [1.54, 1.807) is 12.1 Å². The largest absolute Gasteiger partial charge is 0.384 e. The Morgan fingerprint density at radius 3 is 2.00 bits per heavy atom. The standard InChI is InChI=1S/C15H24O3S.Cu/c1-2-3-4-5-6-7-8-9-14-10-12-15(13-11-14)18-19(16)17;/h10-13,19H,2-9H2,1H3;. The Morgan fingerprint density at radius 1 is 0.900 bits per heavy atom. The molecule has 0 N–H and O–H groups in total. The van der Waals surface area contributed by atoms with Gasteiger partial charge in [0.05, 0.1) is 0 Å². The van der Waals surface area contributed by atoms with Crippen LogP contribution in [-0.4, -0.2) is 8.42 Å². The topological polar surface area (TPSA) is 43.4 Å². The maximum atomic E-state index is 10.4. The van der Waals surface area contributed by atoms with Crippen molar-refractivity contribution in [3.05, 3.63) is 29.8 Å². The third kappa shape index (κ3) is 9.40. The Bertz CT molecular complexity index is 408. The molecule has 0 saturated carbocycles. The van der Waals surface area contributed by atoms with Crippen molar-refractivity contribution < 1.29 is 29.7 Å². The van der Waals surface area contributed by atoms with E-state index >= 15 is 0 Å². The summed E-state index contributed by atoms with van der Waals surface area (Å²) in [5.41, 5.74) is 1.24. The fourth-order valence-corrected chi connectivity index (χ4v) is 2.38. The van der Waals surface area contributed by atoms with Gasteiger partial charge in [-0.3, -0.25) is 0 Å². The molecule has 0 aliphatic rings. The van der Waals surface area contributed by atoms with Crippen LogP contribution in [0.5, 0.6) is 5.75 Å². The molecule has 1 radical (unpaired) electrons. The van der Waals surface area contributed by atoms with Crippen molar-refractivity contribution >= 4 is 11.0 Å². The molecule has 1 aromatic carbocycles. The van der Waals surface area contributed by atoms with Crippen LogP contribution in [-0.2, 0) is 34.5 Å². The molecule has 0 heterocycles. The van der Waals surface area contributed by atoms with Crippen LogP contribution in [0.2, 0.25) is 0 Å². The van der Waals surface area contributed by atoms with Crippen LogP contribution in [0.15, 0.2) is 24.3 Å². The van der Waals surface area contributed by atoms with Gasteiger partial charge in [0.1, 0.15) is 5.75 Å². The molecule has 0 aliphatic heterocycles. The Labute approximate surface area is 134 Å². The van der Waals surface area contributed by atoms with E-state index in [9.17, 15) is 8.42 Å². The van der Waals surface area contributed by atoms with Crippen molar-refractivity contribution in [3.63, 3.8) is 0 Å². The van der Waals surface area contributed by atoms with E-state index in [-0.39, 0.29) is 17.1 Å². The van der Waals surface area contributed by atoms with E-state index in [1.807, 2.05) is 12.1 Å². The van der Waals surface area contributed by atoms with Gasteiger partial charge < -0.3 is 4.18 Å². The van der Waals surface area contributed by atoms with Gasteiger partial charge in [-0.25, -0.2) is 0 Å². The molecule has 0 aromatic heterocycles. The predicted octanol–water partition coefficient (Wildman–Crippen LogP) is 3.88. The minimum Gasteiger partial charge on any atom is -0.384 e. The SMILES string of the molecule is CCCCCCCCCc1ccc(O[SH](=O)=O)cc1.[Cu]. The zero-order chi connectivity index (χ0) is 13.9. The summed E-state index contributed by atoms with van der Waals surface area (Å²) in [5.74, 6) is 0.388. The van der Waals surface area contributed by atoms with Crippen molar-refractivity contribution in [2.75, 3.05) is 0 Å². The van der Waals surface area contributed by atoms with Gasteiger partial charge in [-0.05, 0) is 30.5 Å². The quantitative estimate of drug-likeness (QED) is 0.397. The van der Waals surface area contributed by atoms with Gasteiger partial charge >= 0.3 is 0 Å². The van der Waals surface area contributed by atoms with Crippen LogP contribution < -0.4 is 4.18 Å². The van der Waals surface area contributed by atoms with Gasteiger partial charge in [-0.1, -0.05) is 57.6 Å². The number of rotatable bonds is 10. The van der Waals surface area contributed by atoms with E-state index < -0.39 is 11.0 Å². The summed E-state index contributed by atoms with van der Waals surface area (Å²) >= 11 is 0. The second kappa shape index (κ2) is 12.2. The first-order valence-corrected chi connectivity index (χ1v) is 8.23. The Kier molecular flexibility index (Phi) is 11.9. The van der Waals surface area contributed by atoms with Crippen LogP contribution >= 0.6 is 0 Å². The number of hydrogen-bond acceptors (Lipinski definition) is 3. The zero-order valence-corrected chi connectivity index (χ0v) is 13.8. The number of benzene rings is 1. The summed E-state index contributed by atoms with van der Waals surface area (Å²) in [6.45, 7) is 2.23. The van der Waals surface area contributed by atoms with Gasteiger partial charge in [-0.2, -0.15) is 8.42 Å². The third-order valence-electron chi connectivity index (χ3n) is 3.17. The molecule has 0 unspecified atom stereocenters. The monoisotopic (exact) mass is 347 g/mol. The summed E-state index contributed by atoms with van der Waals surface area (Å²) in [7, 11) is -2.81. The molecule has 1 rings (SSSR count). The van der Waals surface area contributed by atoms with Crippen LogP contribution in [0.25, 0.3) is 0 Å². The molecule has 5 heteroatoms. The van der Waals surface area contributed by atoms with Crippen molar-refractivity contribution in [3.8, 4) is 5.75 Å². The average Bonchev–Trinajstić information content (AvgIpc) is 2.39. The molecular formula is C15H24CuO3S. The molecule has 0 fully saturated rings. The number of unbranched alkanes of at least 4 members (excludes halogenated alkanes) is 6. The Balaban J connectivity index is 0.00000361. The number of hydrogen-bond donors (Lipinski definition) is 1. The van der Waals surface area contributed by atoms with Gasteiger partial charge in [-0.15, -0.1) is 0 Å².